The van der Waals surface area contributed by atoms with Gasteiger partial charge in [-0.1, -0.05) is 12.1 Å². The van der Waals surface area contributed by atoms with E-state index in [-0.39, 0.29) is 0 Å². The van der Waals surface area contributed by atoms with Crippen LogP contribution in [-0.4, -0.2) is 43.2 Å². The van der Waals surface area contributed by atoms with Crippen LogP contribution in [0.15, 0.2) is 30.3 Å². The molecule has 0 aliphatic carbocycles. The number of carbonyl (C=O) groups is 1. The number of nitrogens with zero attached hydrogens (tertiary/aromatic N) is 1. The molecule has 0 saturated carbocycles. The van der Waals surface area contributed by atoms with E-state index >= 15 is 0 Å². The lowest BCUT2D eigenvalue weighted by Crippen LogP contribution is -2.19. The van der Waals surface area contributed by atoms with Gasteiger partial charge in [0.1, 0.15) is 12.4 Å². The maximum atomic E-state index is 10.4. The normalized spacial score (nSPS) is 11.0. The zero-order chi connectivity index (χ0) is 12.7. The number of aliphatic carboxylic acids is 1. The zero-order valence-corrected chi connectivity index (χ0v) is 10.1. The van der Waals surface area contributed by atoms with Crippen LogP contribution in [0.2, 0.25) is 0 Å². The third-order valence-electron chi connectivity index (χ3n) is 2.08. The third-order valence-corrected chi connectivity index (χ3v) is 2.08. The summed E-state index contributed by atoms with van der Waals surface area (Å²) in [4.78, 5) is 12.4. The van der Waals surface area contributed by atoms with E-state index in [0.717, 1.165) is 23.9 Å². The lowest BCUT2D eigenvalue weighted by atomic mass is 10.2. The monoisotopic (exact) mass is 235 g/mol. The Morgan fingerprint density at radius 1 is 1.47 bits per heavy atom. The third kappa shape index (κ3) is 5.73. The molecule has 0 aliphatic heterocycles. The van der Waals surface area contributed by atoms with Crippen LogP contribution < -0.4 is 4.74 Å². The molecule has 0 aliphatic rings. The van der Waals surface area contributed by atoms with E-state index < -0.39 is 5.97 Å². The number of likely N-dealkylation sites (N-methyl/N-ethyl adjacent to an activating group) is 1. The summed E-state index contributed by atoms with van der Waals surface area (Å²) in [5.74, 6) is -0.205. The first kappa shape index (κ1) is 13.3. The molecular weight excluding hydrogens is 218 g/mol. The summed E-state index contributed by atoms with van der Waals surface area (Å²) in [6.45, 7) is 1.45. The lowest BCUT2D eigenvalue weighted by molar-refractivity contribution is -0.131. The van der Waals surface area contributed by atoms with E-state index in [0.29, 0.717) is 6.61 Å². The van der Waals surface area contributed by atoms with Gasteiger partial charge in [0, 0.05) is 12.6 Å². The van der Waals surface area contributed by atoms with Gasteiger partial charge < -0.3 is 14.7 Å². The molecule has 0 fully saturated rings. The predicted octanol–water partition coefficient (Wildman–Crippen LogP) is 1.72. The number of rotatable bonds is 6. The number of benzene rings is 1. The van der Waals surface area contributed by atoms with Crippen LogP contribution in [0.1, 0.15) is 5.56 Å². The topological polar surface area (TPSA) is 49.8 Å². The van der Waals surface area contributed by atoms with Crippen molar-refractivity contribution in [1.82, 2.24) is 4.90 Å². The fraction of sp³-hybridized carbons (Fsp3) is 0.308. The van der Waals surface area contributed by atoms with Crippen LogP contribution in [0.4, 0.5) is 0 Å². The molecule has 0 amide bonds. The quantitative estimate of drug-likeness (QED) is 0.763. The minimum absolute atomic E-state index is 0.610. The van der Waals surface area contributed by atoms with Gasteiger partial charge in [-0.25, -0.2) is 4.79 Å². The Morgan fingerprint density at radius 2 is 2.24 bits per heavy atom. The second kappa shape index (κ2) is 6.70. The van der Waals surface area contributed by atoms with E-state index in [1.165, 1.54) is 0 Å². The molecule has 0 saturated heterocycles. The minimum Gasteiger partial charge on any atom is -0.492 e. The lowest BCUT2D eigenvalue weighted by Gasteiger charge is -2.11. The summed E-state index contributed by atoms with van der Waals surface area (Å²) in [5, 5.41) is 8.52. The molecule has 0 bridgehead atoms. The second-order valence-corrected chi connectivity index (χ2v) is 3.90. The van der Waals surface area contributed by atoms with Crippen LogP contribution in [-0.2, 0) is 4.79 Å². The molecule has 0 spiro atoms. The zero-order valence-electron chi connectivity index (χ0n) is 10.1. The van der Waals surface area contributed by atoms with Crippen molar-refractivity contribution in [2.45, 2.75) is 0 Å². The van der Waals surface area contributed by atoms with Crippen molar-refractivity contribution >= 4 is 12.0 Å². The highest BCUT2D eigenvalue weighted by atomic mass is 16.5. The highest BCUT2D eigenvalue weighted by Crippen LogP contribution is 2.14. The summed E-state index contributed by atoms with van der Waals surface area (Å²) < 4.78 is 5.54. The Balaban J connectivity index is 2.56. The van der Waals surface area contributed by atoms with Crippen molar-refractivity contribution in [3.05, 3.63) is 35.9 Å². The van der Waals surface area contributed by atoms with Crippen LogP contribution in [0.3, 0.4) is 0 Å². The summed E-state index contributed by atoms with van der Waals surface area (Å²) >= 11 is 0. The van der Waals surface area contributed by atoms with Crippen molar-refractivity contribution in [2.75, 3.05) is 27.2 Å². The van der Waals surface area contributed by atoms with Crippen molar-refractivity contribution in [1.29, 1.82) is 0 Å². The first-order chi connectivity index (χ1) is 8.08. The molecule has 1 aromatic carbocycles. The fourth-order valence-corrected chi connectivity index (χ4v) is 1.22. The van der Waals surface area contributed by atoms with E-state index in [9.17, 15) is 4.79 Å². The van der Waals surface area contributed by atoms with Crippen molar-refractivity contribution < 1.29 is 14.6 Å². The van der Waals surface area contributed by atoms with Gasteiger partial charge in [-0.3, -0.25) is 0 Å². The molecule has 17 heavy (non-hydrogen) atoms. The molecule has 1 N–H and O–H groups in total. The van der Waals surface area contributed by atoms with Crippen LogP contribution in [0.5, 0.6) is 5.75 Å². The Kier molecular flexibility index (Phi) is 5.23. The smallest absolute Gasteiger partial charge is 0.328 e. The highest BCUT2D eigenvalue weighted by Gasteiger charge is 1.96. The SMILES string of the molecule is CN(C)CCOc1cccc(C=CC(=O)O)c1. The molecule has 0 heterocycles. The summed E-state index contributed by atoms with van der Waals surface area (Å²) in [6, 6.07) is 7.34. The molecule has 0 atom stereocenters. The number of hydrogen-bond donors (Lipinski definition) is 1. The number of carboxylic acids is 1. The maximum absolute atomic E-state index is 10.4. The molecule has 4 nitrogen and oxygen atoms in total. The van der Waals surface area contributed by atoms with Gasteiger partial charge in [0.25, 0.3) is 0 Å². The first-order valence-electron chi connectivity index (χ1n) is 5.36. The Hall–Kier alpha value is -1.81. The summed E-state index contributed by atoms with van der Waals surface area (Å²) in [7, 11) is 3.96. The van der Waals surface area contributed by atoms with E-state index in [4.69, 9.17) is 9.84 Å². The molecule has 4 heteroatoms. The van der Waals surface area contributed by atoms with E-state index in [1.54, 1.807) is 6.08 Å². The summed E-state index contributed by atoms with van der Waals surface area (Å²) in [5.41, 5.74) is 0.815. The van der Waals surface area contributed by atoms with E-state index in [1.807, 2.05) is 43.3 Å². The predicted molar refractivity (Wildman–Crippen MR) is 67.2 cm³/mol. The van der Waals surface area contributed by atoms with Gasteiger partial charge in [-0.15, -0.1) is 0 Å². The maximum Gasteiger partial charge on any atom is 0.328 e. The number of hydrogen-bond acceptors (Lipinski definition) is 3. The standard InChI is InChI=1S/C13H17NO3/c1-14(2)8-9-17-12-5-3-4-11(10-12)6-7-13(15)16/h3-7,10H,8-9H2,1-2H3,(H,15,16). The van der Waals surface area contributed by atoms with Crippen molar-refractivity contribution in [3.63, 3.8) is 0 Å². The molecule has 0 radical (unpaired) electrons. The van der Waals surface area contributed by atoms with Crippen LogP contribution in [0, 0.1) is 0 Å². The summed E-state index contributed by atoms with van der Waals surface area (Å²) in [6.07, 6.45) is 2.65. The highest BCUT2D eigenvalue weighted by molar-refractivity contribution is 5.85. The molecule has 1 aromatic rings. The molecule has 0 unspecified atom stereocenters. The Bertz CT molecular complexity index is 399. The van der Waals surface area contributed by atoms with Crippen LogP contribution in [0.25, 0.3) is 6.08 Å². The van der Waals surface area contributed by atoms with Gasteiger partial charge in [-0.2, -0.15) is 0 Å². The number of ether oxygens (including phenoxy) is 1. The van der Waals surface area contributed by atoms with Crippen molar-refractivity contribution in [2.24, 2.45) is 0 Å². The average molecular weight is 235 g/mol. The van der Waals surface area contributed by atoms with E-state index in [2.05, 4.69) is 0 Å². The first-order valence-corrected chi connectivity index (χ1v) is 5.36. The van der Waals surface area contributed by atoms with Gasteiger partial charge >= 0.3 is 5.97 Å². The van der Waals surface area contributed by atoms with Crippen molar-refractivity contribution in [3.8, 4) is 5.75 Å². The van der Waals surface area contributed by atoms with Gasteiger partial charge in [0.05, 0.1) is 0 Å². The fourth-order valence-electron chi connectivity index (χ4n) is 1.22. The van der Waals surface area contributed by atoms with Gasteiger partial charge in [0.2, 0.25) is 0 Å². The number of carboxylic acid groups (broad SMARTS) is 1. The molecule has 0 aromatic heterocycles. The Morgan fingerprint density at radius 3 is 2.88 bits per heavy atom. The second-order valence-electron chi connectivity index (χ2n) is 3.90. The largest absolute Gasteiger partial charge is 0.492 e. The minimum atomic E-state index is -0.955. The Labute approximate surface area is 101 Å². The average Bonchev–Trinajstić information content (AvgIpc) is 2.26. The van der Waals surface area contributed by atoms with Gasteiger partial charge in [0.15, 0.2) is 0 Å². The molecule has 1 rings (SSSR count). The van der Waals surface area contributed by atoms with Crippen LogP contribution >= 0.6 is 0 Å². The molecular formula is C13H17NO3. The molecule has 92 valence electrons. The van der Waals surface area contributed by atoms with Gasteiger partial charge in [-0.05, 0) is 37.9 Å².